The van der Waals surface area contributed by atoms with E-state index in [0.717, 1.165) is 11.1 Å². The molecule has 0 saturated heterocycles. The molecule has 7 nitrogen and oxygen atoms in total. The average molecular weight is 624 g/mol. The van der Waals surface area contributed by atoms with E-state index in [4.69, 9.17) is 37.4 Å². The molecule has 3 aromatic carbocycles. The highest BCUT2D eigenvalue weighted by Crippen LogP contribution is 2.32. The predicted octanol–water partition coefficient (Wildman–Crippen LogP) is 6.08. The van der Waals surface area contributed by atoms with E-state index in [1.54, 1.807) is 36.6 Å². The maximum atomic E-state index is 14.0. The number of ether oxygens (including phenoxy) is 3. The zero-order valence-electron chi connectivity index (χ0n) is 23.2. The Bertz CT molecular complexity index is 1840. The van der Waals surface area contributed by atoms with Crippen molar-refractivity contribution in [1.82, 2.24) is 4.57 Å². The molecule has 0 fully saturated rings. The minimum absolute atomic E-state index is 0.202. The molecule has 0 amide bonds. The number of carbonyl (C=O) groups is 1. The third kappa shape index (κ3) is 6.16. The molecule has 0 saturated carbocycles. The Kier molecular flexibility index (Phi) is 9.16. The van der Waals surface area contributed by atoms with Gasteiger partial charge < -0.3 is 14.2 Å². The monoisotopic (exact) mass is 622 g/mol. The Morgan fingerprint density at radius 3 is 2.50 bits per heavy atom. The zero-order chi connectivity index (χ0) is 29.8. The molecular weight excluding hydrogens is 595 g/mol. The van der Waals surface area contributed by atoms with Crippen LogP contribution in [0.25, 0.3) is 6.08 Å². The number of hydrogen-bond donors (Lipinski definition) is 0. The topological polar surface area (TPSA) is 79.1 Å². The first-order valence-electron chi connectivity index (χ1n) is 13.4. The van der Waals surface area contributed by atoms with Crippen LogP contribution in [0.4, 0.5) is 0 Å². The van der Waals surface area contributed by atoms with Gasteiger partial charge in [0.2, 0.25) is 0 Å². The lowest BCUT2D eigenvalue weighted by Crippen LogP contribution is -2.39. The summed E-state index contributed by atoms with van der Waals surface area (Å²) in [6, 6.07) is 19.3. The summed E-state index contributed by atoms with van der Waals surface area (Å²) >= 11 is 13.6. The van der Waals surface area contributed by atoms with E-state index < -0.39 is 12.0 Å². The number of aromatic nitrogens is 1. The van der Waals surface area contributed by atoms with Gasteiger partial charge in [-0.05, 0) is 62.7 Å². The highest BCUT2D eigenvalue weighted by atomic mass is 35.5. The first-order chi connectivity index (χ1) is 20.3. The Morgan fingerprint density at radius 1 is 1.02 bits per heavy atom. The molecule has 0 spiro atoms. The average Bonchev–Trinajstić information content (AvgIpc) is 3.27. The first-order valence-corrected chi connectivity index (χ1v) is 15.0. The van der Waals surface area contributed by atoms with Gasteiger partial charge in [0.25, 0.3) is 5.56 Å². The number of benzene rings is 3. The number of fused-ring (bicyclic) bond motifs is 1. The molecule has 4 aromatic rings. The maximum Gasteiger partial charge on any atom is 0.338 e. The van der Waals surface area contributed by atoms with E-state index in [-0.39, 0.29) is 18.8 Å². The van der Waals surface area contributed by atoms with E-state index in [2.05, 4.69) is 4.99 Å². The minimum Gasteiger partial charge on any atom is -0.494 e. The lowest BCUT2D eigenvalue weighted by molar-refractivity contribution is -0.139. The number of thiazole rings is 1. The fourth-order valence-corrected chi connectivity index (χ4v) is 6.19. The van der Waals surface area contributed by atoms with Crippen LogP contribution in [-0.4, -0.2) is 23.8 Å². The van der Waals surface area contributed by atoms with E-state index in [9.17, 15) is 9.59 Å². The molecule has 1 aliphatic rings. The van der Waals surface area contributed by atoms with E-state index in [1.807, 2.05) is 61.5 Å². The van der Waals surface area contributed by atoms with Crippen LogP contribution >= 0.6 is 34.5 Å². The van der Waals surface area contributed by atoms with Gasteiger partial charge in [-0.2, -0.15) is 0 Å². The number of halogens is 2. The van der Waals surface area contributed by atoms with Gasteiger partial charge in [0.1, 0.15) is 18.1 Å². The van der Waals surface area contributed by atoms with Crippen LogP contribution in [0, 0.1) is 0 Å². The van der Waals surface area contributed by atoms with Crippen molar-refractivity contribution < 1.29 is 19.0 Å². The molecule has 0 aliphatic carbocycles. The van der Waals surface area contributed by atoms with E-state index >= 15 is 0 Å². The summed E-state index contributed by atoms with van der Waals surface area (Å²) in [6.45, 7) is 6.37. The molecule has 0 radical (unpaired) electrons. The number of rotatable bonds is 9. The van der Waals surface area contributed by atoms with Crippen LogP contribution in [0.15, 0.2) is 87.8 Å². The van der Waals surface area contributed by atoms with Crippen molar-refractivity contribution in [2.24, 2.45) is 4.99 Å². The maximum absolute atomic E-state index is 14.0. The Balaban J connectivity index is 1.58. The van der Waals surface area contributed by atoms with Crippen LogP contribution in [0.3, 0.4) is 0 Å². The number of nitrogens with zero attached hydrogens (tertiary/aromatic N) is 2. The van der Waals surface area contributed by atoms with E-state index in [0.29, 0.717) is 54.3 Å². The summed E-state index contributed by atoms with van der Waals surface area (Å²) in [5, 5.41) is 1.06. The second-order valence-corrected chi connectivity index (χ2v) is 11.2. The molecule has 2 heterocycles. The Morgan fingerprint density at radius 2 is 1.79 bits per heavy atom. The Labute approximate surface area is 256 Å². The van der Waals surface area contributed by atoms with Crippen molar-refractivity contribution in [2.75, 3.05) is 13.2 Å². The molecule has 10 heteroatoms. The second-order valence-electron chi connectivity index (χ2n) is 9.37. The van der Waals surface area contributed by atoms with Crippen LogP contribution in [0.5, 0.6) is 11.5 Å². The fourth-order valence-electron chi connectivity index (χ4n) is 4.69. The van der Waals surface area contributed by atoms with Crippen molar-refractivity contribution in [3.05, 3.63) is 124 Å². The lowest BCUT2D eigenvalue weighted by atomic mass is 9.96. The number of allylic oxidation sites excluding steroid dienone is 1. The largest absolute Gasteiger partial charge is 0.494 e. The molecule has 0 N–H and O–H groups in total. The van der Waals surface area contributed by atoms with Crippen molar-refractivity contribution in [2.45, 2.75) is 33.4 Å². The van der Waals surface area contributed by atoms with Gasteiger partial charge in [0.05, 0.1) is 35.1 Å². The van der Waals surface area contributed by atoms with Crippen molar-refractivity contribution in [3.63, 3.8) is 0 Å². The normalized spacial score (nSPS) is 14.8. The lowest BCUT2D eigenvalue weighted by Gasteiger charge is -2.24. The molecule has 1 aromatic heterocycles. The molecule has 42 heavy (non-hydrogen) atoms. The molecule has 5 rings (SSSR count). The summed E-state index contributed by atoms with van der Waals surface area (Å²) in [5.41, 5.74) is 2.79. The Hall–Kier alpha value is -3.85. The quantitative estimate of drug-likeness (QED) is 0.211. The molecule has 216 valence electrons. The van der Waals surface area contributed by atoms with Crippen molar-refractivity contribution in [1.29, 1.82) is 0 Å². The van der Waals surface area contributed by atoms with Gasteiger partial charge >= 0.3 is 5.97 Å². The summed E-state index contributed by atoms with van der Waals surface area (Å²) in [5.74, 6) is 0.774. The van der Waals surface area contributed by atoms with E-state index in [1.165, 1.54) is 11.3 Å². The third-order valence-corrected chi connectivity index (χ3v) is 8.20. The van der Waals surface area contributed by atoms with Gasteiger partial charge in [0, 0.05) is 21.2 Å². The third-order valence-electron chi connectivity index (χ3n) is 6.63. The first kappa shape index (κ1) is 29.6. The number of para-hydroxylation sites is 1. The number of hydrogen-bond acceptors (Lipinski definition) is 7. The molecule has 0 unspecified atom stereocenters. The van der Waals surface area contributed by atoms with Gasteiger partial charge in [-0.15, -0.1) is 0 Å². The van der Waals surface area contributed by atoms with Crippen LogP contribution in [0.2, 0.25) is 10.0 Å². The fraction of sp³-hybridized carbons (Fsp3) is 0.219. The second kappa shape index (κ2) is 13.0. The van der Waals surface area contributed by atoms with Crippen molar-refractivity contribution in [3.8, 4) is 11.5 Å². The highest BCUT2D eigenvalue weighted by molar-refractivity contribution is 7.07. The standard InChI is InChI=1S/C32H28Cl2N2O5S/c1-4-39-24-14-11-20(12-15-24)29-28(31(38)40-5-2)19(3)35-32-36(29)30(37)27(42-32)16-21-8-6-7-9-26(21)41-18-22-10-13-23(33)17-25(22)34/h6-17,29H,4-5,18H2,1-3H3/b27-16-/t29-/m0/s1. The summed E-state index contributed by atoms with van der Waals surface area (Å²) < 4.78 is 19.1. The highest BCUT2D eigenvalue weighted by Gasteiger charge is 2.33. The summed E-state index contributed by atoms with van der Waals surface area (Å²) in [6.07, 6.45) is 1.78. The van der Waals surface area contributed by atoms with Gasteiger partial charge in [-0.1, -0.05) is 70.9 Å². The molecular formula is C32H28Cl2N2O5S. The minimum atomic E-state index is -0.711. The van der Waals surface area contributed by atoms with Crippen molar-refractivity contribution >= 4 is 46.6 Å². The molecule has 0 bridgehead atoms. The van der Waals surface area contributed by atoms with Gasteiger partial charge in [-0.3, -0.25) is 9.36 Å². The summed E-state index contributed by atoms with van der Waals surface area (Å²) in [7, 11) is 0. The smallest absolute Gasteiger partial charge is 0.338 e. The SMILES string of the molecule is CCOC(=O)C1=C(C)N=c2s/c(=C\c3ccccc3OCc3ccc(Cl)cc3Cl)c(=O)n2[C@H]1c1ccc(OCC)cc1. The van der Waals surface area contributed by atoms with Crippen LogP contribution in [-0.2, 0) is 16.1 Å². The molecule has 1 aliphatic heterocycles. The zero-order valence-corrected chi connectivity index (χ0v) is 25.6. The number of esters is 1. The van der Waals surface area contributed by atoms with Crippen LogP contribution < -0.4 is 24.4 Å². The van der Waals surface area contributed by atoms with Crippen LogP contribution in [0.1, 0.15) is 43.5 Å². The summed E-state index contributed by atoms with van der Waals surface area (Å²) in [4.78, 5) is 32.3. The molecule has 1 atom stereocenters. The predicted molar refractivity (Wildman–Crippen MR) is 165 cm³/mol. The van der Waals surface area contributed by atoms with Gasteiger partial charge in [-0.25, -0.2) is 9.79 Å². The number of carbonyl (C=O) groups excluding carboxylic acids is 1. The van der Waals surface area contributed by atoms with Gasteiger partial charge in [0.15, 0.2) is 4.80 Å².